The van der Waals surface area contributed by atoms with Crippen molar-refractivity contribution >= 4 is 5.91 Å². The van der Waals surface area contributed by atoms with Crippen LogP contribution in [0.5, 0.6) is 0 Å². The monoisotopic (exact) mass is 462 g/mol. The van der Waals surface area contributed by atoms with Crippen molar-refractivity contribution in [3.8, 4) is 11.3 Å². The van der Waals surface area contributed by atoms with Crippen LogP contribution in [0.3, 0.4) is 0 Å². The number of carbonyl (C=O) groups is 1. The van der Waals surface area contributed by atoms with Gasteiger partial charge < -0.3 is 10.4 Å². The van der Waals surface area contributed by atoms with Gasteiger partial charge in [0.15, 0.2) is 0 Å². The van der Waals surface area contributed by atoms with Gasteiger partial charge in [-0.3, -0.25) is 14.5 Å². The molecular weight excluding hydrogens is 440 g/mol. The summed E-state index contributed by atoms with van der Waals surface area (Å²) in [5, 5.41) is 17.4. The molecule has 1 amide bonds. The van der Waals surface area contributed by atoms with Gasteiger partial charge in [0.05, 0.1) is 23.0 Å². The SMILES string of the molecule is CC(C)(O)c1cc(F)cc(C(=O)NC2CCCn3nc(-c4ccnc(C(F)(F)F)c4)cc32)c1. The van der Waals surface area contributed by atoms with Gasteiger partial charge >= 0.3 is 6.18 Å². The minimum absolute atomic E-state index is 0.0629. The van der Waals surface area contributed by atoms with Gasteiger partial charge in [0.25, 0.3) is 5.91 Å². The molecule has 174 valence electrons. The van der Waals surface area contributed by atoms with Gasteiger partial charge in [-0.2, -0.15) is 18.3 Å². The van der Waals surface area contributed by atoms with Gasteiger partial charge in [-0.05, 0) is 68.7 Å². The minimum Gasteiger partial charge on any atom is -0.386 e. The summed E-state index contributed by atoms with van der Waals surface area (Å²) in [6.45, 7) is 3.55. The van der Waals surface area contributed by atoms with E-state index in [9.17, 15) is 27.5 Å². The summed E-state index contributed by atoms with van der Waals surface area (Å²) in [7, 11) is 0. The molecule has 3 heterocycles. The van der Waals surface area contributed by atoms with Crippen LogP contribution in [0.15, 0.2) is 42.6 Å². The molecule has 1 unspecified atom stereocenters. The minimum atomic E-state index is -4.57. The summed E-state index contributed by atoms with van der Waals surface area (Å²) in [6, 6.07) is 7.27. The average Bonchev–Trinajstić information content (AvgIpc) is 3.17. The molecule has 2 N–H and O–H groups in total. The first kappa shape index (κ1) is 22.9. The third kappa shape index (κ3) is 4.90. The molecule has 0 aliphatic carbocycles. The summed E-state index contributed by atoms with van der Waals surface area (Å²) < 4.78 is 54.8. The van der Waals surface area contributed by atoms with Gasteiger partial charge in [-0.15, -0.1) is 0 Å². The zero-order chi connectivity index (χ0) is 24.0. The number of halogens is 4. The van der Waals surface area contributed by atoms with Gasteiger partial charge in [0.2, 0.25) is 0 Å². The molecule has 0 saturated heterocycles. The number of aromatic nitrogens is 3. The van der Waals surface area contributed by atoms with Gasteiger partial charge in [-0.1, -0.05) is 0 Å². The number of aliphatic hydroxyl groups is 1. The number of alkyl halides is 3. The van der Waals surface area contributed by atoms with Crippen LogP contribution >= 0.6 is 0 Å². The van der Waals surface area contributed by atoms with E-state index in [1.807, 2.05) is 0 Å². The van der Waals surface area contributed by atoms with Crippen molar-refractivity contribution in [2.24, 2.45) is 0 Å². The summed E-state index contributed by atoms with van der Waals surface area (Å²) >= 11 is 0. The quantitative estimate of drug-likeness (QED) is 0.556. The lowest BCUT2D eigenvalue weighted by Crippen LogP contribution is -2.33. The lowest BCUT2D eigenvalue weighted by atomic mass is 9.95. The standard InChI is InChI=1S/C23H22F4N4O2/c1-22(2,33)15-8-14(9-16(24)11-15)21(32)29-17-4-3-7-31-19(17)12-18(30-31)13-5-6-28-20(10-13)23(25,26)27/h5-6,8-12,17,33H,3-4,7H2,1-2H3,(H,29,32). The highest BCUT2D eigenvalue weighted by atomic mass is 19.4. The molecule has 0 radical (unpaired) electrons. The Bertz CT molecular complexity index is 1200. The van der Waals surface area contributed by atoms with E-state index in [-0.39, 0.29) is 16.7 Å². The predicted molar refractivity (Wildman–Crippen MR) is 112 cm³/mol. The van der Waals surface area contributed by atoms with E-state index in [4.69, 9.17) is 0 Å². The van der Waals surface area contributed by atoms with Gasteiger partial charge in [0, 0.05) is 23.9 Å². The number of amides is 1. The highest BCUT2D eigenvalue weighted by Gasteiger charge is 2.33. The first-order valence-electron chi connectivity index (χ1n) is 10.4. The van der Waals surface area contributed by atoms with Crippen molar-refractivity contribution in [3.63, 3.8) is 0 Å². The molecule has 10 heteroatoms. The molecule has 1 aromatic carbocycles. The second-order valence-corrected chi connectivity index (χ2v) is 8.56. The first-order chi connectivity index (χ1) is 15.4. The Kier molecular flexibility index (Phi) is 5.73. The molecule has 2 aromatic heterocycles. The number of hydrogen-bond acceptors (Lipinski definition) is 4. The van der Waals surface area contributed by atoms with Crippen LogP contribution in [0.4, 0.5) is 17.6 Å². The fraction of sp³-hybridized carbons (Fsp3) is 0.348. The Labute approximate surface area is 187 Å². The van der Waals surface area contributed by atoms with Gasteiger partial charge in [0.1, 0.15) is 11.5 Å². The summed E-state index contributed by atoms with van der Waals surface area (Å²) in [5.41, 5.74) is -0.748. The first-order valence-corrected chi connectivity index (χ1v) is 10.4. The van der Waals surface area contributed by atoms with E-state index in [1.165, 1.54) is 32.0 Å². The van der Waals surface area contributed by atoms with Gasteiger partial charge in [-0.25, -0.2) is 4.39 Å². The van der Waals surface area contributed by atoms with Crippen molar-refractivity contribution in [1.29, 1.82) is 0 Å². The Hall–Kier alpha value is -3.27. The molecule has 0 spiro atoms. The van der Waals surface area contributed by atoms with Crippen LogP contribution in [0.2, 0.25) is 0 Å². The Morgan fingerprint density at radius 3 is 2.64 bits per heavy atom. The van der Waals surface area contributed by atoms with Crippen molar-refractivity contribution in [1.82, 2.24) is 20.1 Å². The molecule has 6 nitrogen and oxygen atoms in total. The van der Waals surface area contributed by atoms with Crippen LogP contribution < -0.4 is 5.32 Å². The van der Waals surface area contributed by atoms with Crippen LogP contribution in [-0.2, 0) is 18.3 Å². The fourth-order valence-electron chi connectivity index (χ4n) is 3.83. The van der Waals surface area contributed by atoms with E-state index >= 15 is 0 Å². The average molecular weight is 462 g/mol. The molecule has 4 rings (SSSR count). The zero-order valence-corrected chi connectivity index (χ0v) is 17.9. The largest absolute Gasteiger partial charge is 0.433 e. The van der Waals surface area contributed by atoms with Crippen molar-refractivity contribution in [2.75, 3.05) is 0 Å². The second-order valence-electron chi connectivity index (χ2n) is 8.56. The number of aryl methyl sites for hydroxylation is 1. The van der Waals surface area contributed by atoms with Crippen molar-refractivity contribution in [2.45, 2.75) is 51.1 Å². The Morgan fingerprint density at radius 1 is 1.18 bits per heavy atom. The van der Waals surface area contributed by atoms with Crippen LogP contribution in [0.1, 0.15) is 60.0 Å². The molecule has 1 atom stereocenters. The normalized spacial score (nSPS) is 16.4. The maximum absolute atomic E-state index is 14.1. The predicted octanol–water partition coefficient (Wildman–Crippen LogP) is 4.60. The van der Waals surface area contributed by atoms with E-state index < -0.39 is 35.2 Å². The summed E-state index contributed by atoms with van der Waals surface area (Å²) in [6.07, 6.45) is -2.20. The number of hydrogen-bond donors (Lipinski definition) is 2. The van der Waals surface area contributed by atoms with Crippen molar-refractivity contribution in [3.05, 3.63) is 70.9 Å². The molecular formula is C23H22F4N4O2. The topological polar surface area (TPSA) is 80.0 Å². The van der Waals surface area contributed by atoms with Crippen molar-refractivity contribution < 1.29 is 27.5 Å². The lowest BCUT2D eigenvalue weighted by molar-refractivity contribution is -0.141. The Balaban J connectivity index is 1.61. The maximum Gasteiger partial charge on any atom is 0.433 e. The second kappa shape index (κ2) is 8.26. The molecule has 0 bridgehead atoms. The number of nitrogens with one attached hydrogen (secondary N) is 1. The maximum atomic E-state index is 14.1. The van der Waals surface area contributed by atoms with Crippen LogP contribution in [0, 0.1) is 5.82 Å². The number of nitrogens with zero attached hydrogens (tertiary/aromatic N) is 3. The van der Waals surface area contributed by atoms with E-state index in [1.54, 1.807) is 10.7 Å². The number of fused-ring (bicyclic) bond motifs is 1. The fourth-order valence-corrected chi connectivity index (χ4v) is 3.83. The molecule has 0 saturated carbocycles. The highest BCUT2D eigenvalue weighted by molar-refractivity contribution is 5.94. The molecule has 33 heavy (non-hydrogen) atoms. The highest BCUT2D eigenvalue weighted by Crippen LogP contribution is 2.33. The van der Waals surface area contributed by atoms with Crippen LogP contribution in [-0.4, -0.2) is 25.8 Å². The lowest BCUT2D eigenvalue weighted by Gasteiger charge is -2.25. The molecule has 0 fully saturated rings. The number of carbonyl (C=O) groups excluding carboxylic acids is 1. The van der Waals surface area contributed by atoms with E-state index in [0.29, 0.717) is 30.8 Å². The summed E-state index contributed by atoms with van der Waals surface area (Å²) in [4.78, 5) is 16.2. The van der Waals surface area contributed by atoms with E-state index in [2.05, 4.69) is 15.4 Å². The Morgan fingerprint density at radius 2 is 1.94 bits per heavy atom. The smallest absolute Gasteiger partial charge is 0.386 e. The van der Waals surface area contributed by atoms with E-state index in [0.717, 1.165) is 18.3 Å². The number of pyridine rings is 1. The molecule has 1 aliphatic rings. The molecule has 1 aliphatic heterocycles. The van der Waals surface area contributed by atoms with Crippen LogP contribution in [0.25, 0.3) is 11.3 Å². The molecule has 3 aromatic rings. The number of benzene rings is 1. The third-order valence-corrected chi connectivity index (χ3v) is 5.55. The zero-order valence-electron chi connectivity index (χ0n) is 17.9. The summed E-state index contributed by atoms with van der Waals surface area (Å²) in [5.74, 6) is -1.17. The third-order valence-electron chi connectivity index (χ3n) is 5.55. The number of rotatable bonds is 4.